The highest BCUT2D eigenvalue weighted by atomic mass is 16.2. The predicted octanol–water partition coefficient (Wildman–Crippen LogP) is 1.11. The number of carbonyl (C=O) groups is 4. The van der Waals surface area contributed by atoms with Crippen molar-refractivity contribution in [2.45, 2.75) is 0 Å². The molecule has 0 radical (unpaired) electrons. The summed E-state index contributed by atoms with van der Waals surface area (Å²) in [4.78, 5) is 49.2. The van der Waals surface area contributed by atoms with Gasteiger partial charge in [0.1, 0.15) is 18.3 Å². The second kappa shape index (κ2) is 5.88. The fourth-order valence-corrected chi connectivity index (χ4v) is 2.83. The molecule has 1 aliphatic heterocycles. The van der Waals surface area contributed by atoms with Crippen LogP contribution >= 0.6 is 0 Å². The van der Waals surface area contributed by atoms with E-state index in [0.29, 0.717) is 22.3 Å². The Balaban J connectivity index is 1.77. The standard InChI is InChI=1S/C17H11N5O4/c23-10-9-20(17(26)21-14-8-4-3-7-13(14)18-19-21)22-15(24)11-5-1-2-6-12(11)16(22)25/h1-8,10H,9H2. The molecule has 128 valence electrons. The number of hydrogen-bond acceptors (Lipinski definition) is 6. The number of aldehydes is 1. The zero-order valence-corrected chi connectivity index (χ0v) is 13.3. The van der Waals surface area contributed by atoms with Gasteiger partial charge in [-0.2, -0.15) is 9.69 Å². The van der Waals surface area contributed by atoms with Gasteiger partial charge in [-0.3, -0.25) is 9.59 Å². The van der Waals surface area contributed by atoms with Crippen molar-refractivity contribution in [1.82, 2.24) is 25.0 Å². The first-order valence-electron chi connectivity index (χ1n) is 7.67. The summed E-state index contributed by atoms with van der Waals surface area (Å²) in [6, 6.07) is 12.1. The van der Waals surface area contributed by atoms with E-state index in [-0.39, 0.29) is 11.1 Å². The van der Waals surface area contributed by atoms with Gasteiger partial charge >= 0.3 is 6.03 Å². The van der Waals surface area contributed by atoms with Crippen LogP contribution in [0.4, 0.5) is 4.79 Å². The molecule has 9 nitrogen and oxygen atoms in total. The number of hydrogen-bond donors (Lipinski definition) is 0. The van der Waals surface area contributed by atoms with Crippen LogP contribution in [0.1, 0.15) is 20.7 Å². The van der Waals surface area contributed by atoms with Crippen molar-refractivity contribution in [3.63, 3.8) is 0 Å². The summed E-state index contributed by atoms with van der Waals surface area (Å²) in [5.41, 5.74) is 1.20. The number of para-hydroxylation sites is 1. The summed E-state index contributed by atoms with van der Waals surface area (Å²) in [6.07, 6.45) is 0.431. The summed E-state index contributed by atoms with van der Waals surface area (Å²) in [7, 11) is 0. The monoisotopic (exact) mass is 349 g/mol. The van der Waals surface area contributed by atoms with Gasteiger partial charge in [0.25, 0.3) is 11.8 Å². The molecule has 0 spiro atoms. The molecular weight excluding hydrogens is 338 g/mol. The number of nitrogens with zero attached hydrogens (tertiary/aromatic N) is 5. The van der Waals surface area contributed by atoms with E-state index >= 15 is 0 Å². The maximum absolute atomic E-state index is 12.9. The van der Waals surface area contributed by atoms with Crippen LogP contribution in [0.2, 0.25) is 0 Å². The van der Waals surface area contributed by atoms with Crippen molar-refractivity contribution in [3.05, 3.63) is 59.7 Å². The van der Waals surface area contributed by atoms with Crippen LogP contribution in [0.3, 0.4) is 0 Å². The molecule has 4 rings (SSSR count). The molecule has 3 aromatic rings. The number of benzene rings is 2. The molecule has 1 aromatic heterocycles. The minimum Gasteiger partial charge on any atom is -0.301 e. The van der Waals surface area contributed by atoms with E-state index in [1.807, 2.05) is 0 Å². The number of aromatic nitrogens is 3. The van der Waals surface area contributed by atoms with Gasteiger partial charge in [-0.1, -0.05) is 29.5 Å². The summed E-state index contributed by atoms with van der Waals surface area (Å²) in [5, 5.41) is 9.08. The fourth-order valence-electron chi connectivity index (χ4n) is 2.83. The minimum atomic E-state index is -0.833. The summed E-state index contributed by atoms with van der Waals surface area (Å²) < 4.78 is 0.947. The minimum absolute atomic E-state index is 0.171. The molecule has 3 amide bonds. The van der Waals surface area contributed by atoms with Gasteiger partial charge in [-0.15, -0.1) is 5.10 Å². The molecule has 0 saturated heterocycles. The van der Waals surface area contributed by atoms with Gasteiger partial charge in [-0.25, -0.2) is 9.80 Å². The van der Waals surface area contributed by atoms with Gasteiger partial charge in [0.05, 0.1) is 16.6 Å². The molecule has 0 fully saturated rings. The van der Waals surface area contributed by atoms with E-state index in [0.717, 1.165) is 9.69 Å². The lowest BCUT2D eigenvalue weighted by Crippen LogP contribution is -2.52. The van der Waals surface area contributed by atoms with E-state index in [1.54, 1.807) is 36.4 Å². The quantitative estimate of drug-likeness (QED) is 0.518. The number of carbonyl (C=O) groups excluding carboxylic acids is 4. The maximum Gasteiger partial charge on any atom is 0.366 e. The Bertz CT molecular complexity index is 1040. The maximum atomic E-state index is 12.9. The van der Waals surface area contributed by atoms with E-state index in [2.05, 4.69) is 10.3 Å². The summed E-state index contributed by atoms with van der Waals surface area (Å²) in [6.45, 7) is -0.488. The van der Waals surface area contributed by atoms with E-state index < -0.39 is 24.4 Å². The molecule has 1 aliphatic rings. The Morgan fingerprint density at radius 1 is 1.00 bits per heavy atom. The van der Waals surface area contributed by atoms with Crippen molar-refractivity contribution < 1.29 is 19.2 Å². The van der Waals surface area contributed by atoms with Crippen molar-refractivity contribution in [2.24, 2.45) is 0 Å². The first kappa shape index (κ1) is 15.6. The zero-order chi connectivity index (χ0) is 18.3. The molecule has 2 heterocycles. The number of rotatable bonds is 3. The van der Waals surface area contributed by atoms with Crippen molar-refractivity contribution in [1.29, 1.82) is 0 Å². The average molecular weight is 349 g/mol. The average Bonchev–Trinajstić information content (AvgIpc) is 3.20. The highest BCUT2D eigenvalue weighted by Crippen LogP contribution is 2.24. The number of amides is 3. The molecule has 26 heavy (non-hydrogen) atoms. The van der Waals surface area contributed by atoms with Gasteiger partial charge in [0.2, 0.25) is 0 Å². The first-order chi connectivity index (χ1) is 12.6. The third-order valence-electron chi connectivity index (χ3n) is 4.02. The molecule has 0 atom stereocenters. The first-order valence-corrected chi connectivity index (χ1v) is 7.67. The van der Waals surface area contributed by atoms with Crippen LogP contribution in [0.15, 0.2) is 48.5 Å². The van der Waals surface area contributed by atoms with Crippen molar-refractivity contribution in [3.8, 4) is 0 Å². The van der Waals surface area contributed by atoms with Crippen LogP contribution < -0.4 is 0 Å². The molecular formula is C17H11N5O4. The number of imide groups is 1. The lowest BCUT2D eigenvalue weighted by molar-refractivity contribution is -0.110. The topological polar surface area (TPSA) is 105 Å². The highest BCUT2D eigenvalue weighted by Gasteiger charge is 2.41. The smallest absolute Gasteiger partial charge is 0.301 e. The van der Waals surface area contributed by atoms with E-state index in [4.69, 9.17) is 0 Å². The Kier molecular flexibility index (Phi) is 3.54. The van der Waals surface area contributed by atoms with Crippen LogP contribution in [0, 0.1) is 0 Å². The molecule has 9 heteroatoms. The van der Waals surface area contributed by atoms with Crippen LogP contribution in [0.5, 0.6) is 0 Å². The van der Waals surface area contributed by atoms with Gasteiger partial charge in [-0.05, 0) is 24.3 Å². The highest BCUT2D eigenvalue weighted by molar-refractivity contribution is 6.21. The Morgan fingerprint density at radius 2 is 1.62 bits per heavy atom. The van der Waals surface area contributed by atoms with Gasteiger partial charge < -0.3 is 4.79 Å². The van der Waals surface area contributed by atoms with Gasteiger partial charge in [0.15, 0.2) is 0 Å². The SMILES string of the molecule is O=CCN(C(=O)n1nnc2ccccc21)N1C(=O)c2ccccc2C1=O. The van der Waals surface area contributed by atoms with Crippen LogP contribution in [-0.4, -0.2) is 55.7 Å². The normalized spacial score (nSPS) is 13.2. The molecule has 0 unspecified atom stereocenters. The van der Waals surface area contributed by atoms with E-state index in [1.165, 1.54) is 12.1 Å². The van der Waals surface area contributed by atoms with Gasteiger partial charge in [0, 0.05) is 0 Å². The van der Waals surface area contributed by atoms with Crippen LogP contribution in [0.25, 0.3) is 11.0 Å². The number of hydrazine groups is 1. The number of fused-ring (bicyclic) bond motifs is 2. The zero-order valence-electron chi connectivity index (χ0n) is 13.3. The Morgan fingerprint density at radius 3 is 2.27 bits per heavy atom. The predicted molar refractivity (Wildman–Crippen MR) is 88.0 cm³/mol. The largest absolute Gasteiger partial charge is 0.366 e. The summed E-state index contributed by atoms with van der Waals surface area (Å²) in [5.74, 6) is -1.35. The molecule has 0 N–H and O–H groups in total. The second-order valence-electron chi connectivity index (χ2n) is 5.49. The lowest BCUT2D eigenvalue weighted by atomic mass is 10.1. The fraction of sp³-hybridized carbons (Fsp3) is 0.0588. The second-order valence-corrected chi connectivity index (χ2v) is 5.49. The third-order valence-corrected chi connectivity index (χ3v) is 4.02. The van der Waals surface area contributed by atoms with E-state index in [9.17, 15) is 19.2 Å². The lowest BCUT2D eigenvalue weighted by Gasteiger charge is -2.27. The Hall–Kier alpha value is -3.88. The summed E-state index contributed by atoms with van der Waals surface area (Å²) >= 11 is 0. The molecule has 2 aromatic carbocycles. The van der Waals surface area contributed by atoms with Crippen molar-refractivity contribution >= 4 is 35.2 Å². The molecule has 0 saturated carbocycles. The third kappa shape index (κ3) is 2.18. The molecule has 0 aliphatic carbocycles. The molecule has 0 bridgehead atoms. The Labute approximate surface area is 146 Å². The van der Waals surface area contributed by atoms with Crippen LogP contribution in [-0.2, 0) is 4.79 Å². The van der Waals surface area contributed by atoms with Crippen molar-refractivity contribution in [2.75, 3.05) is 6.54 Å².